The standard InChI is InChI=1S/C8H12O3/c9-6-5-7(10)1-3-8(6,11)4-2-7/h10-11H,1-5H2. The summed E-state index contributed by atoms with van der Waals surface area (Å²) in [5.41, 5.74) is -1.86. The van der Waals surface area contributed by atoms with Gasteiger partial charge in [-0.3, -0.25) is 4.79 Å². The van der Waals surface area contributed by atoms with E-state index in [4.69, 9.17) is 0 Å². The number of aliphatic hydroxyl groups is 2. The average molecular weight is 156 g/mol. The van der Waals surface area contributed by atoms with Gasteiger partial charge in [0, 0.05) is 6.42 Å². The van der Waals surface area contributed by atoms with E-state index in [1.54, 1.807) is 0 Å². The predicted octanol–water partition coefficient (Wildman–Crippen LogP) is -0.00460. The second kappa shape index (κ2) is 1.84. The summed E-state index contributed by atoms with van der Waals surface area (Å²) in [7, 11) is 0. The van der Waals surface area contributed by atoms with Crippen molar-refractivity contribution in [3.05, 3.63) is 0 Å². The lowest BCUT2D eigenvalue weighted by molar-refractivity contribution is -0.169. The van der Waals surface area contributed by atoms with Crippen molar-refractivity contribution in [2.75, 3.05) is 0 Å². The minimum Gasteiger partial charge on any atom is -0.389 e. The van der Waals surface area contributed by atoms with Gasteiger partial charge in [0.1, 0.15) is 5.60 Å². The highest BCUT2D eigenvalue weighted by Gasteiger charge is 2.52. The number of hydrogen-bond acceptors (Lipinski definition) is 3. The molecule has 0 heterocycles. The minimum absolute atomic E-state index is 0.156. The molecule has 3 rings (SSSR count). The van der Waals surface area contributed by atoms with E-state index in [9.17, 15) is 15.0 Å². The molecule has 0 atom stereocenters. The zero-order chi connectivity index (χ0) is 8.11. The first-order valence-corrected chi connectivity index (χ1v) is 4.02. The predicted molar refractivity (Wildman–Crippen MR) is 38.0 cm³/mol. The smallest absolute Gasteiger partial charge is 0.167 e. The molecule has 3 aliphatic carbocycles. The van der Waals surface area contributed by atoms with Crippen LogP contribution in [-0.4, -0.2) is 27.2 Å². The van der Waals surface area contributed by atoms with Crippen LogP contribution in [0.4, 0.5) is 0 Å². The SMILES string of the molecule is O=C1CC2(O)CCC1(O)CC2. The third-order valence-electron chi connectivity index (χ3n) is 3.02. The largest absolute Gasteiger partial charge is 0.389 e. The first-order valence-electron chi connectivity index (χ1n) is 4.02. The van der Waals surface area contributed by atoms with Crippen molar-refractivity contribution in [2.24, 2.45) is 0 Å². The summed E-state index contributed by atoms with van der Waals surface area (Å²) in [6, 6.07) is 0. The van der Waals surface area contributed by atoms with Gasteiger partial charge in [-0.2, -0.15) is 0 Å². The highest BCUT2D eigenvalue weighted by molar-refractivity contribution is 5.89. The highest BCUT2D eigenvalue weighted by atomic mass is 16.3. The van der Waals surface area contributed by atoms with E-state index in [0.29, 0.717) is 25.7 Å². The molecule has 3 aliphatic rings. The van der Waals surface area contributed by atoms with Gasteiger partial charge in [0.15, 0.2) is 5.78 Å². The van der Waals surface area contributed by atoms with E-state index in [1.807, 2.05) is 0 Å². The Kier molecular flexibility index (Phi) is 1.22. The molecule has 0 radical (unpaired) electrons. The van der Waals surface area contributed by atoms with Crippen molar-refractivity contribution >= 4 is 5.78 Å². The van der Waals surface area contributed by atoms with Gasteiger partial charge in [-0.25, -0.2) is 0 Å². The lowest BCUT2D eigenvalue weighted by Gasteiger charge is -2.46. The fourth-order valence-electron chi connectivity index (χ4n) is 2.05. The molecular weight excluding hydrogens is 144 g/mol. The van der Waals surface area contributed by atoms with Gasteiger partial charge in [0.2, 0.25) is 0 Å². The Balaban J connectivity index is 2.29. The Morgan fingerprint density at radius 1 is 1.09 bits per heavy atom. The van der Waals surface area contributed by atoms with Gasteiger partial charge in [-0.05, 0) is 25.7 Å². The molecule has 0 spiro atoms. The second-order valence-corrected chi connectivity index (χ2v) is 3.86. The van der Waals surface area contributed by atoms with Crippen LogP contribution in [0, 0.1) is 0 Å². The molecular formula is C8H12O3. The third kappa shape index (κ3) is 0.914. The van der Waals surface area contributed by atoms with Crippen molar-refractivity contribution < 1.29 is 15.0 Å². The van der Waals surface area contributed by atoms with Crippen molar-refractivity contribution in [3.8, 4) is 0 Å². The summed E-state index contributed by atoms with van der Waals surface area (Å²) < 4.78 is 0. The third-order valence-corrected chi connectivity index (χ3v) is 3.02. The van der Waals surface area contributed by atoms with Gasteiger partial charge in [0.05, 0.1) is 5.60 Å². The first-order chi connectivity index (χ1) is 5.04. The van der Waals surface area contributed by atoms with Gasteiger partial charge >= 0.3 is 0 Å². The van der Waals surface area contributed by atoms with Crippen LogP contribution in [0.25, 0.3) is 0 Å². The van der Waals surface area contributed by atoms with Crippen LogP contribution in [0.3, 0.4) is 0 Å². The molecule has 3 saturated carbocycles. The van der Waals surface area contributed by atoms with Crippen molar-refractivity contribution in [1.29, 1.82) is 0 Å². The molecule has 3 fully saturated rings. The molecule has 0 saturated heterocycles. The number of Topliss-reactive ketones (excluding diaryl/α,β-unsaturated/α-hetero) is 1. The summed E-state index contributed by atoms with van der Waals surface area (Å²) in [6.45, 7) is 0. The Bertz CT molecular complexity index is 201. The van der Waals surface area contributed by atoms with Gasteiger partial charge < -0.3 is 10.2 Å². The van der Waals surface area contributed by atoms with Crippen LogP contribution in [0.2, 0.25) is 0 Å². The van der Waals surface area contributed by atoms with E-state index < -0.39 is 11.2 Å². The topological polar surface area (TPSA) is 57.5 Å². The van der Waals surface area contributed by atoms with Crippen molar-refractivity contribution in [3.63, 3.8) is 0 Å². The number of hydrogen-bond donors (Lipinski definition) is 2. The number of rotatable bonds is 0. The zero-order valence-electron chi connectivity index (χ0n) is 6.34. The summed E-state index contributed by atoms with van der Waals surface area (Å²) >= 11 is 0. The molecule has 3 nitrogen and oxygen atoms in total. The van der Waals surface area contributed by atoms with Crippen LogP contribution in [0.1, 0.15) is 32.1 Å². The maximum absolute atomic E-state index is 11.2. The molecule has 0 aromatic heterocycles. The van der Waals surface area contributed by atoms with Crippen LogP contribution >= 0.6 is 0 Å². The number of fused-ring (bicyclic) bond motifs is 3. The van der Waals surface area contributed by atoms with E-state index in [0.717, 1.165) is 0 Å². The number of carbonyl (C=O) groups is 1. The maximum atomic E-state index is 11.2. The van der Waals surface area contributed by atoms with E-state index >= 15 is 0 Å². The summed E-state index contributed by atoms with van der Waals surface area (Å²) in [6.07, 6.45) is 2.21. The van der Waals surface area contributed by atoms with Gasteiger partial charge in [-0.15, -0.1) is 0 Å². The molecule has 11 heavy (non-hydrogen) atoms. The molecule has 2 bridgehead atoms. The van der Waals surface area contributed by atoms with Crippen LogP contribution in [-0.2, 0) is 4.79 Å². The Labute approximate surface area is 65.0 Å². The van der Waals surface area contributed by atoms with Crippen LogP contribution in [0.5, 0.6) is 0 Å². The first kappa shape index (κ1) is 7.25. The monoisotopic (exact) mass is 156 g/mol. The van der Waals surface area contributed by atoms with Crippen molar-refractivity contribution in [1.82, 2.24) is 0 Å². The zero-order valence-corrected chi connectivity index (χ0v) is 6.34. The van der Waals surface area contributed by atoms with Crippen LogP contribution < -0.4 is 0 Å². The van der Waals surface area contributed by atoms with E-state index in [2.05, 4.69) is 0 Å². The Morgan fingerprint density at radius 3 is 2.00 bits per heavy atom. The van der Waals surface area contributed by atoms with E-state index in [1.165, 1.54) is 0 Å². The number of carbonyl (C=O) groups excluding carboxylic acids is 1. The van der Waals surface area contributed by atoms with E-state index in [-0.39, 0.29) is 12.2 Å². The molecule has 0 aliphatic heterocycles. The molecule has 2 N–H and O–H groups in total. The molecule has 0 aromatic carbocycles. The summed E-state index contributed by atoms with van der Waals surface area (Å²) in [5.74, 6) is -0.169. The quantitative estimate of drug-likeness (QED) is 0.519. The Hall–Kier alpha value is -0.410. The maximum Gasteiger partial charge on any atom is 0.167 e. The molecule has 62 valence electrons. The van der Waals surface area contributed by atoms with Gasteiger partial charge in [-0.1, -0.05) is 0 Å². The van der Waals surface area contributed by atoms with Crippen LogP contribution in [0.15, 0.2) is 0 Å². The number of ketones is 1. The second-order valence-electron chi connectivity index (χ2n) is 3.86. The lowest BCUT2D eigenvalue weighted by Crippen LogP contribution is -2.56. The van der Waals surface area contributed by atoms with Crippen molar-refractivity contribution in [2.45, 2.75) is 43.3 Å². The lowest BCUT2D eigenvalue weighted by atomic mass is 9.64. The fourth-order valence-corrected chi connectivity index (χ4v) is 2.05. The normalized spacial score (nSPS) is 49.8. The molecule has 0 amide bonds. The molecule has 3 heteroatoms. The fraction of sp³-hybridized carbons (Fsp3) is 0.875. The highest BCUT2D eigenvalue weighted by Crippen LogP contribution is 2.44. The minimum atomic E-state index is -1.08. The molecule has 0 unspecified atom stereocenters. The molecule has 0 aromatic rings. The Morgan fingerprint density at radius 2 is 1.64 bits per heavy atom. The average Bonchev–Trinajstić information content (AvgIpc) is 1.94. The summed E-state index contributed by atoms with van der Waals surface area (Å²) in [4.78, 5) is 11.2. The van der Waals surface area contributed by atoms with Gasteiger partial charge in [0.25, 0.3) is 0 Å². The summed E-state index contributed by atoms with van der Waals surface area (Å²) in [5, 5.41) is 19.3.